The molecule has 0 aliphatic heterocycles. The van der Waals surface area contributed by atoms with Gasteiger partial charge in [0.25, 0.3) is 0 Å². The molecule has 2 rings (SSSR count). The van der Waals surface area contributed by atoms with Crippen LogP contribution in [0.15, 0.2) is 57.7 Å². The molecule has 8 heteroatoms. The highest BCUT2D eigenvalue weighted by Crippen LogP contribution is 2.14. The summed E-state index contributed by atoms with van der Waals surface area (Å²) in [6, 6.07) is 12.7. The largest absolute Gasteiger partial charge is 0.357 e. The monoisotopic (exact) mass is 521 g/mol. The summed E-state index contributed by atoms with van der Waals surface area (Å²) in [7, 11) is -3.28. The van der Waals surface area contributed by atoms with Crippen LogP contribution in [-0.4, -0.2) is 39.8 Å². The molecule has 2 aromatic rings. The minimum absolute atomic E-state index is 0. The lowest BCUT2D eigenvalue weighted by atomic mass is 10.1. The molecule has 1 unspecified atom stereocenters. The van der Waals surface area contributed by atoms with Gasteiger partial charge < -0.3 is 10.6 Å². The van der Waals surface area contributed by atoms with Crippen molar-refractivity contribution in [2.45, 2.75) is 25.2 Å². The average molecular weight is 521 g/mol. The van der Waals surface area contributed by atoms with Crippen LogP contribution >= 0.6 is 35.3 Å². The van der Waals surface area contributed by atoms with E-state index in [0.29, 0.717) is 29.9 Å². The van der Waals surface area contributed by atoms with Gasteiger partial charge in [0, 0.05) is 24.5 Å². The molecule has 0 saturated heterocycles. The first-order chi connectivity index (χ1) is 12.5. The number of hydrogen-bond acceptors (Lipinski definition) is 4. The number of halogens is 1. The maximum atomic E-state index is 12.3. The predicted octanol–water partition coefficient (Wildman–Crippen LogP) is 3.57. The molecule has 150 valence electrons. The van der Waals surface area contributed by atoms with Crippen molar-refractivity contribution >= 4 is 51.1 Å². The third-order valence-corrected chi connectivity index (χ3v) is 6.43. The van der Waals surface area contributed by atoms with Gasteiger partial charge in [0.2, 0.25) is 0 Å². The van der Waals surface area contributed by atoms with E-state index >= 15 is 0 Å². The molecule has 0 bridgehead atoms. The number of nitrogens with one attached hydrogen (secondary N) is 2. The topological polar surface area (TPSA) is 70.6 Å². The third-order valence-electron chi connectivity index (χ3n) is 3.80. The van der Waals surface area contributed by atoms with E-state index < -0.39 is 9.84 Å². The van der Waals surface area contributed by atoms with Gasteiger partial charge in [-0.2, -0.15) is 0 Å². The molecule has 1 aromatic heterocycles. The SMILES string of the molecule is CCNC(=NCC(C)Cc1cccs1)NCCS(=O)(=O)c1ccccc1.I. The van der Waals surface area contributed by atoms with E-state index in [1.165, 1.54) is 4.88 Å². The summed E-state index contributed by atoms with van der Waals surface area (Å²) in [6.07, 6.45) is 1.00. The Morgan fingerprint density at radius 3 is 2.52 bits per heavy atom. The zero-order valence-corrected chi connectivity index (χ0v) is 19.7. The number of rotatable bonds is 9. The lowest BCUT2D eigenvalue weighted by Crippen LogP contribution is -2.40. The lowest BCUT2D eigenvalue weighted by Gasteiger charge is -2.13. The summed E-state index contributed by atoms with van der Waals surface area (Å²) in [4.78, 5) is 6.31. The van der Waals surface area contributed by atoms with Gasteiger partial charge in [-0.3, -0.25) is 4.99 Å². The smallest absolute Gasteiger partial charge is 0.191 e. The van der Waals surface area contributed by atoms with Crippen LogP contribution < -0.4 is 10.6 Å². The molecule has 27 heavy (non-hydrogen) atoms. The molecule has 0 amide bonds. The summed E-state index contributed by atoms with van der Waals surface area (Å²) in [5, 5.41) is 8.38. The van der Waals surface area contributed by atoms with Crippen molar-refractivity contribution < 1.29 is 8.42 Å². The van der Waals surface area contributed by atoms with Crippen molar-refractivity contribution in [1.82, 2.24) is 10.6 Å². The zero-order chi connectivity index (χ0) is 18.8. The minimum Gasteiger partial charge on any atom is -0.357 e. The Morgan fingerprint density at radius 2 is 1.89 bits per heavy atom. The van der Waals surface area contributed by atoms with E-state index in [1.54, 1.807) is 35.6 Å². The Hall–Kier alpha value is -1.13. The van der Waals surface area contributed by atoms with E-state index in [0.717, 1.165) is 13.0 Å². The summed E-state index contributed by atoms with van der Waals surface area (Å²) < 4.78 is 24.6. The van der Waals surface area contributed by atoms with Crippen molar-refractivity contribution in [3.63, 3.8) is 0 Å². The molecule has 2 N–H and O–H groups in total. The molecular formula is C19H28IN3O2S2. The number of benzene rings is 1. The van der Waals surface area contributed by atoms with Gasteiger partial charge in [-0.1, -0.05) is 31.2 Å². The fourth-order valence-electron chi connectivity index (χ4n) is 2.48. The van der Waals surface area contributed by atoms with E-state index in [1.807, 2.05) is 13.0 Å². The van der Waals surface area contributed by atoms with Crippen molar-refractivity contribution in [3.05, 3.63) is 52.7 Å². The highest BCUT2D eigenvalue weighted by molar-refractivity contribution is 14.0. The molecule has 0 fully saturated rings. The molecule has 0 spiro atoms. The van der Waals surface area contributed by atoms with E-state index in [9.17, 15) is 8.42 Å². The van der Waals surface area contributed by atoms with Gasteiger partial charge in [-0.05, 0) is 42.8 Å². The minimum atomic E-state index is -3.28. The molecular weight excluding hydrogens is 493 g/mol. The molecule has 1 heterocycles. The molecule has 5 nitrogen and oxygen atoms in total. The number of thiophene rings is 1. The van der Waals surface area contributed by atoms with Gasteiger partial charge >= 0.3 is 0 Å². The number of hydrogen-bond donors (Lipinski definition) is 2. The maximum Gasteiger partial charge on any atom is 0.191 e. The van der Waals surface area contributed by atoms with Gasteiger partial charge in [-0.15, -0.1) is 35.3 Å². The summed E-state index contributed by atoms with van der Waals surface area (Å²) in [5.41, 5.74) is 0. The van der Waals surface area contributed by atoms with Crippen LogP contribution in [-0.2, 0) is 16.3 Å². The summed E-state index contributed by atoms with van der Waals surface area (Å²) in [6.45, 7) is 5.91. The van der Waals surface area contributed by atoms with E-state index in [4.69, 9.17) is 0 Å². The van der Waals surface area contributed by atoms with Crippen LogP contribution in [0.3, 0.4) is 0 Å². The second kappa shape index (κ2) is 12.4. The lowest BCUT2D eigenvalue weighted by molar-refractivity contribution is 0.591. The Bertz CT molecular complexity index is 779. The number of aliphatic imine (C=N–C) groups is 1. The summed E-state index contributed by atoms with van der Waals surface area (Å²) in [5.74, 6) is 1.12. The fourth-order valence-corrected chi connectivity index (χ4v) is 4.52. The third kappa shape index (κ3) is 8.61. The Morgan fingerprint density at radius 1 is 1.15 bits per heavy atom. The normalized spacial score (nSPS) is 12.9. The number of sulfone groups is 1. The van der Waals surface area contributed by atoms with Crippen LogP contribution in [0.5, 0.6) is 0 Å². The van der Waals surface area contributed by atoms with Crippen molar-refractivity contribution in [2.75, 3.05) is 25.4 Å². The first-order valence-electron chi connectivity index (χ1n) is 8.83. The number of nitrogens with zero attached hydrogens (tertiary/aromatic N) is 1. The number of guanidine groups is 1. The Labute approximate surface area is 183 Å². The first kappa shape index (κ1) is 23.9. The van der Waals surface area contributed by atoms with Crippen LogP contribution in [0.4, 0.5) is 0 Å². The Kier molecular flexibility index (Phi) is 10.9. The van der Waals surface area contributed by atoms with Gasteiger partial charge in [0.15, 0.2) is 15.8 Å². The molecule has 0 aliphatic rings. The second-order valence-electron chi connectivity index (χ2n) is 6.17. The molecule has 0 radical (unpaired) electrons. The fraction of sp³-hybridized carbons (Fsp3) is 0.421. The van der Waals surface area contributed by atoms with Gasteiger partial charge in [-0.25, -0.2) is 8.42 Å². The molecule has 1 aromatic carbocycles. The van der Waals surface area contributed by atoms with Gasteiger partial charge in [0.05, 0.1) is 10.6 Å². The van der Waals surface area contributed by atoms with Gasteiger partial charge in [0.1, 0.15) is 0 Å². The zero-order valence-electron chi connectivity index (χ0n) is 15.7. The van der Waals surface area contributed by atoms with E-state index in [-0.39, 0.29) is 29.7 Å². The van der Waals surface area contributed by atoms with Crippen molar-refractivity contribution in [2.24, 2.45) is 10.9 Å². The Balaban J connectivity index is 0.00000364. The quantitative estimate of drug-likeness (QED) is 0.301. The first-order valence-corrected chi connectivity index (χ1v) is 11.4. The molecule has 0 saturated carbocycles. The van der Waals surface area contributed by atoms with Crippen LogP contribution in [0.2, 0.25) is 0 Å². The highest BCUT2D eigenvalue weighted by Gasteiger charge is 2.13. The summed E-state index contributed by atoms with van der Waals surface area (Å²) >= 11 is 1.76. The molecule has 0 aliphatic carbocycles. The van der Waals surface area contributed by atoms with Crippen LogP contribution in [0, 0.1) is 5.92 Å². The van der Waals surface area contributed by atoms with Crippen LogP contribution in [0.1, 0.15) is 18.7 Å². The predicted molar refractivity (Wildman–Crippen MR) is 125 cm³/mol. The average Bonchev–Trinajstić information content (AvgIpc) is 3.13. The van der Waals surface area contributed by atoms with E-state index in [2.05, 4.69) is 40.1 Å². The van der Waals surface area contributed by atoms with Crippen molar-refractivity contribution in [3.8, 4) is 0 Å². The standard InChI is InChI=1S/C19H27N3O2S2.HI/c1-3-20-19(22-15-16(2)14-17-8-7-12-25-17)21-11-13-26(23,24)18-9-5-4-6-10-18;/h4-10,12,16H,3,11,13-15H2,1-2H3,(H2,20,21,22);1H. The van der Waals surface area contributed by atoms with Crippen molar-refractivity contribution in [1.29, 1.82) is 0 Å². The second-order valence-corrected chi connectivity index (χ2v) is 9.31. The maximum absolute atomic E-state index is 12.3. The highest BCUT2D eigenvalue weighted by atomic mass is 127. The molecule has 1 atom stereocenters. The van der Waals surface area contributed by atoms with Crippen LogP contribution in [0.25, 0.3) is 0 Å².